The molecule has 0 saturated heterocycles. The van der Waals surface area contributed by atoms with Crippen molar-refractivity contribution in [3.05, 3.63) is 0 Å². The molecule has 0 amide bonds. The minimum absolute atomic E-state index is 0.547. The first-order valence-corrected chi connectivity index (χ1v) is 6.13. The van der Waals surface area contributed by atoms with Crippen LogP contribution in [0.2, 0.25) is 0 Å². The number of ether oxygens (including phenoxy) is 1. The van der Waals surface area contributed by atoms with Crippen molar-refractivity contribution in [2.75, 3.05) is 33.4 Å². The second-order valence-corrected chi connectivity index (χ2v) is 4.35. The van der Waals surface area contributed by atoms with Crippen molar-refractivity contribution in [3.8, 4) is 0 Å². The molecule has 2 atom stereocenters. The first-order chi connectivity index (χ1) is 7.20. The Bertz CT molecular complexity index is 131. The van der Waals surface area contributed by atoms with Crippen LogP contribution < -0.4 is 10.6 Å². The molecule has 0 bridgehead atoms. The Labute approximate surface area is 95.0 Å². The Morgan fingerprint density at radius 3 is 2.53 bits per heavy atom. The van der Waals surface area contributed by atoms with E-state index in [2.05, 4.69) is 31.4 Å². The maximum Gasteiger partial charge on any atom is 0.0587 e. The van der Waals surface area contributed by atoms with Crippen LogP contribution in [0.25, 0.3) is 0 Å². The molecule has 3 nitrogen and oxygen atoms in total. The molecule has 0 rings (SSSR count). The van der Waals surface area contributed by atoms with Crippen LogP contribution in [-0.2, 0) is 4.74 Å². The lowest BCUT2D eigenvalue weighted by Crippen LogP contribution is -2.38. The molecule has 0 fully saturated rings. The maximum absolute atomic E-state index is 4.97. The Morgan fingerprint density at radius 2 is 1.93 bits per heavy atom. The second-order valence-electron chi connectivity index (χ2n) is 4.35. The van der Waals surface area contributed by atoms with E-state index in [9.17, 15) is 0 Å². The van der Waals surface area contributed by atoms with Crippen LogP contribution in [0.5, 0.6) is 0 Å². The average molecular weight is 216 g/mol. The largest absolute Gasteiger partial charge is 0.383 e. The van der Waals surface area contributed by atoms with Gasteiger partial charge >= 0.3 is 0 Å². The molecule has 0 heterocycles. The summed E-state index contributed by atoms with van der Waals surface area (Å²) in [5.41, 5.74) is 0. The summed E-state index contributed by atoms with van der Waals surface area (Å²) in [5.74, 6) is 0.839. The van der Waals surface area contributed by atoms with Crippen molar-refractivity contribution in [2.24, 2.45) is 5.92 Å². The highest BCUT2D eigenvalue weighted by Crippen LogP contribution is 2.04. The van der Waals surface area contributed by atoms with Gasteiger partial charge in [0.2, 0.25) is 0 Å². The topological polar surface area (TPSA) is 33.3 Å². The van der Waals surface area contributed by atoms with Gasteiger partial charge in [0.05, 0.1) is 6.61 Å². The molecule has 3 heteroatoms. The zero-order chi connectivity index (χ0) is 11.5. The van der Waals surface area contributed by atoms with Crippen LogP contribution in [0.4, 0.5) is 0 Å². The van der Waals surface area contributed by atoms with Gasteiger partial charge in [0.1, 0.15) is 0 Å². The lowest BCUT2D eigenvalue weighted by atomic mass is 10.1. The Morgan fingerprint density at radius 1 is 1.20 bits per heavy atom. The van der Waals surface area contributed by atoms with E-state index >= 15 is 0 Å². The first-order valence-electron chi connectivity index (χ1n) is 6.13. The molecule has 0 aromatic rings. The second kappa shape index (κ2) is 10.4. The van der Waals surface area contributed by atoms with Gasteiger partial charge in [-0.1, -0.05) is 20.3 Å². The molecule has 0 aliphatic heterocycles. The summed E-state index contributed by atoms with van der Waals surface area (Å²) in [5, 5.41) is 6.87. The van der Waals surface area contributed by atoms with Crippen LogP contribution >= 0.6 is 0 Å². The van der Waals surface area contributed by atoms with E-state index in [1.54, 1.807) is 7.11 Å². The van der Waals surface area contributed by atoms with Gasteiger partial charge in [0.15, 0.2) is 0 Å². The summed E-state index contributed by atoms with van der Waals surface area (Å²) in [6, 6.07) is 0.547. The monoisotopic (exact) mass is 216 g/mol. The van der Waals surface area contributed by atoms with Crippen LogP contribution in [0.1, 0.15) is 33.6 Å². The molecule has 15 heavy (non-hydrogen) atoms. The fraction of sp³-hybridized carbons (Fsp3) is 1.00. The van der Waals surface area contributed by atoms with Gasteiger partial charge in [-0.15, -0.1) is 0 Å². The molecule has 0 radical (unpaired) electrons. The van der Waals surface area contributed by atoms with Crippen molar-refractivity contribution in [1.82, 2.24) is 10.6 Å². The first kappa shape index (κ1) is 14.9. The highest BCUT2D eigenvalue weighted by atomic mass is 16.5. The Hall–Kier alpha value is -0.120. The molecule has 0 aliphatic rings. The summed E-state index contributed by atoms with van der Waals surface area (Å²) >= 11 is 0. The fourth-order valence-corrected chi connectivity index (χ4v) is 1.35. The number of methoxy groups -OCH3 is 1. The van der Waals surface area contributed by atoms with Crippen molar-refractivity contribution in [2.45, 2.75) is 39.7 Å². The molecule has 92 valence electrons. The third-order valence-electron chi connectivity index (χ3n) is 2.76. The molecule has 0 saturated carbocycles. The lowest BCUT2D eigenvalue weighted by molar-refractivity contribution is 0.198. The fourth-order valence-electron chi connectivity index (χ4n) is 1.35. The third kappa shape index (κ3) is 10.2. The number of hydrogen-bond donors (Lipinski definition) is 2. The summed E-state index contributed by atoms with van der Waals surface area (Å²) in [6.45, 7) is 10.7. The standard InChI is InChI=1S/C12H28N2O/c1-5-11(2)6-7-14-12(3)10-13-8-9-15-4/h11-14H,5-10H2,1-4H3. The highest BCUT2D eigenvalue weighted by molar-refractivity contribution is 4.64. The minimum Gasteiger partial charge on any atom is -0.383 e. The molecular formula is C12H28N2O. The molecule has 0 aromatic carbocycles. The van der Waals surface area contributed by atoms with E-state index in [0.717, 1.165) is 32.2 Å². The predicted molar refractivity (Wildman–Crippen MR) is 66.3 cm³/mol. The van der Waals surface area contributed by atoms with E-state index in [4.69, 9.17) is 4.74 Å². The van der Waals surface area contributed by atoms with Gasteiger partial charge in [0, 0.05) is 26.2 Å². The summed E-state index contributed by atoms with van der Waals surface area (Å²) in [6.07, 6.45) is 2.56. The third-order valence-corrected chi connectivity index (χ3v) is 2.76. The summed E-state index contributed by atoms with van der Waals surface area (Å²) in [7, 11) is 1.73. The zero-order valence-corrected chi connectivity index (χ0v) is 10.8. The molecule has 0 aliphatic carbocycles. The van der Waals surface area contributed by atoms with Gasteiger partial charge in [-0.25, -0.2) is 0 Å². The van der Waals surface area contributed by atoms with Gasteiger partial charge in [-0.3, -0.25) is 0 Å². The van der Waals surface area contributed by atoms with Gasteiger partial charge in [-0.2, -0.15) is 0 Å². The van der Waals surface area contributed by atoms with Gasteiger partial charge in [-0.05, 0) is 25.8 Å². The van der Waals surface area contributed by atoms with E-state index in [1.807, 2.05) is 0 Å². The van der Waals surface area contributed by atoms with Gasteiger partial charge in [0.25, 0.3) is 0 Å². The van der Waals surface area contributed by atoms with Crippen LogP contribution in [0, 0.1) is 5.92 Å². The smallest absolute Gasteiger partial charge is 0.0587 e. The number of rotatable bonds is 10. The predicted octanol–water partition coefficient (Wildman–Crippen LogP) is 1.64. The summed E-state index contributed by atoms with van der Waals surface area (Å²) in [4.78, 5) is 0. The van der Waals surface area contributed by atoms with Gasteiger partial charge < -0.3 is 15.4 Å². The Kier molecular flexibility index (Phi) is 10.3. The van der Waals surface area contributed by atoms with E-state index < -0.39 is 0 Å². The molecule has 2 unspecified atom stereocenters. The van der Waals surface area contributed by atoms with E-state index in [1.165, 1.54) is 12.8 Å². The molecule has 0 aromatic heterocycles. The normalized spacial score (nSPS) is 15.2. The van der Waals surface area contributed by atoms with Crippen LogP contribution in [0.15, 0.2) is 0 Å². The van der Waals surface area contributed by atoms with Crippen molar-refractivity contribution >= 4 is 0 Å². The van der Waals surface area contributed by atoms with Crippen molar-refractivity contribution < 1.29 is 4.74 Å². The number of hydrogen-bond acceptors (Lipinski definition) is 3. The van der Waals surface area contributed by atoms with E-state index in [0.29, 0.717) is 6.04 Å². The zero-order valence-electron chi connectivity index (χ0n) is 10.8. The molecular weight excluding hydrogens is 188 g/mol. The molecule has 2 N–H and O–H groups in total. The quantitative estimate of drug-likeness (QED) is 0.545. The van der Waals surface area contributed by atoms with Crippen molar-refractivity contribution in [1.29, 1.82) is 0 Å². The SMILES string of the molecule is CCC(C)CCNC(C)CNCCOC. The van der Waals surface area contributed by atoms with Crippen LogP contribution in [-0.4, -0.2) is 39.4 Å². The van der Waals surface area contributed by atoms with E-state index in [-0.39, 0.29) is 0 Å². The number of nitrogens with one attached hydrogen (secondary N) is 2. The van der Waals surface area contributed by atoms with Crippen LogP contribution in [0.3, 0.4) is 0 Å². The van der Waals surface area contributed by atoms with Crippen molar-refractivity contribution in [3.63, 3.8) is 0 Å². The Balaban J connectivity index is 3.21. The summed E-state index contributed by atoms with van der Waals surface area (Å²) < 4.78 is 4.97. The molecule has 0 spiro atoms. The minimum atomic E-state index is 0.547. The lowest BCUT2D eigenvalue weighted by Gasteiger charge is -2.16. The average Bonchev–Trinajstić information content (AvgIpc) is 2.24. The maximum atomic E-state index is 4.97. The highest BCUT2D eigenvalue weighted by Gasteiger charge is 2.02.